The summed E-state index contributed by atoms with van der Waals surface area (Å²) in [6, 6.07) is 9.64. The molecular weight excluding hydrogens is 340 g/mol. The molecule has 1 aromatic heterocycles. The Morgan fingerprint density at radius 2 is 1.85 bits per heavy atom. The third-order valence-electron chi connectivity index (χ3n) is 4.67. The van der Waals surface area contributed by atoms with Crippen LogP contribution >= 0.6 is 0 Å². The van der Waals surface area contributed by atoms with Crippen molar-refractivity contribution >= 4 is 17.5 Å². The Morgan fingerprint density at radius 1 is 1.15 bits per heavy atom. The molecule has 0 radical (unpaired) electrons. The zero-order chi connectivity index (χ0) is 19.2. The molecule has 0 saturated carbocycles. The van der Waals surface area contributed by atoms with Gasteiger partial charge in [0.25, 0.3) is 5.91 Å². The minimum Gasteiger partial charge on any atom is -0.467 e. The summed E-state index contributed by atoms with van der Waals surface area (Å²) in [4.78, 5) is 23.4. The molecular formula is C21H28N4O2. The molecule has 144 valence electrons. The summed E-state index contributed by atoms with van der Waals surface area (Å²) >= 11 is 0. The molecule has 2 aromatic rings. The number of aryl methyl sites for hydroxylation is 1. The van der Waals surface area contributed by atoms with Crippen LogP contribution in [0.4, 0.5) is 11.6 Å². The van der Waals surface area contributed by atoms with Crippen LogP contribution in [0.15, 0.2) is 30.3 Å². The number of ether oxygens (including phenoxy) is 1. The Hall–Kier alpha value is -2.63. The SMILES string of the molecule is Cc1cc(OCC(=O)Nc2ccc(C(C)C)cc2)nc(N2CCCCC2)n1. The van der Waals surface area contributed by atoms with Gasteiger partial charge in [-0.05, 0) is 49.8 Å². The maximum absolute atomic E-state index is 12.2. The second-order valence-corrected chi connectivity index (χ2v) is 7.31. The first-order valence-electron chi connectivity index (χ1n) is 9.64. The fraction of sp³-hybridized carbons (Fsp3) is 0.476. The van der Waals surface area contributed by atoms with Gasteiger partial charge < -0.3 is 15.0 Å². The molecule has 27 heavy (non-hydrogen) atoms. The first-order chi connectivity index (χ1) is 13.0. The Bertz CT molecular complexity index is 768. The van der Waals surface area contributed by atoms with E-state index in [4.69, 9.17) is 4.74 Å². The number of rotatable bonds is 6. The predicted octanol–water partition coefficient (Wildman–Crippen LogP) is 3.92. The molecule has 0 unspecified atom stereocenters. The number of anilines is 2. The fourth-order valence-electron chi connectivity index (χ4n) is 3.12. The van der Waals surface area contributed by atoms with Gasteiger partial charge in [0.1, 0.15) is 0 Å². The highest BCUT2D eigenvalue weighted by Crippen LogP contribution is 2.20. The molecule has 0 aliphatic carbocycles. The Morgan fingerprint density at radius 3 is 2.52 bits per heavy atom. The van der Waals surface area contributed by atoms with Crippen molar-refractivity contribution in [3.05, 3.63) is 41.6 Å². The highest BCUT2D eigenvalue weighted by atomic mass is 16.5. The highest BCUT2D eigenvalue weighted by molar-refractivity contribution is 5.91. The molecule has 1 aliphatic rings. The summed E-state index contributed by atoms with van der Waals surface area (Å²) in [5.74, 6) is 1.39. The van der Waals surface area contributed by atoms with E-state index in [0.29, 0.717) is 17.7 Å². The van der Waals surface area contributed by atoms with Gasteiger partial charge in [0.15, 0.2) is 6.61 Å². The summed E-state index contributed by atoms with van der Waals surface area (Å²) in [5.41, 5.74) is 2.84. The van der Waals surface area contributed by atoms with Gasteiger partial charge in [-0.2, -0.15) is 4.98 Å². The molecule has 6 heteroatoms. The van der Waals surface area contributed by atoms with Gasteiger partial charge in [0.2, 0.25) is 11.8 Å². The summed E-state index contributed by atoms with van der Waals surface area (Å²) in [5, 5.41) is 2.85. The van der Waals surface area contributed by atoms with E-state index in [0.717, 1.165) is 37.3 Å². The standard InChI is InChI=1S/C21H28N4O2/c1-15(2)17-7-9-18(10-8-17)23-19(26)14-27-20-13-16(3)22-21(24-20)25-11-5-4-6-12-25/h7-10,13,15H,4-6,11-12,14H2,1-3H3,(H,23,26). The summed E-state index contributed by atoms with van der Waals surface area (Å²) in [6.07, 6.45) is 3.57. The number of hydrogen-bond acceptors (Lipinski definition) is 5. The van der Waals surface area contributed by atoms with E-state index in [1.54, 1.807) is 6.07 Å². The van der Waals surface area contributed by atoms with Crippen molar-refractivity contribution in [3.63, 3.8) is 0 Å². The van der Waals surface area contributed by atoms with Crippen molar-refractivity contribution in [2.24, 2.45) is 0 Å². The van der Waals surface area contributed by atoms with Gasteiger partial charge >= 0.3 is 0 Å². The van der Waals surface area contributed by atoms with Crippen molar-refractivity contribution in [1.29, 1.82) is 0 Å². The normalized spacial score (nSPS) is 14.3. The summed E-state index contributed by atoms with van der Waals surface area (Å²) < 4.78 is 5.62. The number of amides is 1. The van der Waals surface area contributed by atoms with E-state index in [1.165, 1.54) is 12.0 Å². The number of aromatic nitrogens is 2. The van der Waals surface area contributed by atoms with Crippen molar-refractivity contribution in [1.82, 2.24) is 9.97 Å². The van der Waals surface area contributed by atoms with Crippen molar-refractivity contribution in [2.75, 3.05) is 29.9 Å². The van der Waals surface area contributed by atoms with Crippen molar-refractivity contribution in [2.45, 2.75) is 46.0 Å². The van der Waals surface area contributed by atoms with Crippen molar-refractivity contribution < 1.29 is 9.53 Å². The Balaban J connectivity index is 1.57. The van der Waals surface area contributed by atoms with Gasteiger partial charge in [0.05, 0.1) is 0 Å². The lowest BCUT2D eigenvalue weighted by molar-refractivity contribution is -0.118. The molecule has 3 rings (SSSR count). The lowest BCUT2D eigenvalue weighted by Gasteiger charge is -2.26. The van der Waals surface area contributed by atoms with E-state index in [-0.39, 0.29) is 12.5 Å². The second kappa shape index (κ2) is 8.84. The largest absolute Gasteiger partial charge is 0.467 e. The maximum Gasteiger partial charge on any atom is 0.262 e. The van der Waals surface area contributed by atoms with Gasteiger partial charge in [-0.3, -0.25) is 4.79 Å². The van der Waals surface area contributed by atoms with E-state index in [1.807, 2.05) is 31.2 Å². The minimum atomic E-state index is -0.205. The van der Waals surface area contributed by atoms with Gasteiger partial charge in [-0.25, -0.2) is 4.98 Å². The molecule has 0 spiro atoms. The van der Waals surface area contributed by atoms with Crippen LogP contribution in [0, 0.1) is 6.92 Å². The zero-order valence-electron chi connectivity index (χ0n) is 16.4. The molecule has 1 fully saturated rings. The van der Waals surface area contributed by atoms with E-state index >= 15 is 0 Å². The Kier molecular flexibility index (Phi) is 6.27. The second-order valence-electron chi connectivity index (χ2n) is 7.31. The number of hydrogen-bond donors (Lipinski definition) is 1. The quantitative estimate of drug-likeness (QED) is 0.837. The number of carbonyl (C=O) groups excluding carboxylic acids is 1. The van der Waals surface area contributed by atoms with Crippen LogP contribution in [0.1, 0.15) is 50.3 Å². The average Bonchev–Trinajstić information content (AvgIpc) is 2.67. The van der Waals surface area contributed by atoms with Crippen LogP contribution in [-0.2, 0) is 4.79 Å². The number of nitrogens with one attached hydrogen (secondary N) is 1. The lowest BCUT2D eigenvalue weighted by Crippen LogP contribution is -2.31. The zero-order valence-corrected chi connectivity index (χ0v) is 16.4. The third-order valence-corrected chi connectivity index (χ3v) is 4.67. The maximum atomic E-state index is 12.2. The lowest BCUT2D eigenvalue weighted by atomic mass is 10.0. The molecule has 2 heterocycles. The first-order valence-corrected chi connectivity index (χ1v) is 9.64. The third kappa shape index (κ3) is 5.42. The van der Waals surface area contributed by atoms with Crippen LogP contribution < -0.4 is 15.0 Å². The number of piperidine rings is 1. The first kappa shape index (κ1) is 19.1. The predicted molar refractivity (Wildman–Crippen MR) is 107 cm³/mol. The minimum absolute atomic E-state index is 0.0815. The molecule has 1 aliphatic heterocycles. The fourth-order valence-corrected chi connectivity index (χ4v) is 3.12. The van der Waals surface area contributed by atoms with Crippen LogP contribution in [0.2, 0.25) is 0 Å². The molecule has 1 amide bonds. The average molecular weight is 368 g/mol. The highest BCUT2D eigenvalue weighted by Gasteiger charge is 2.15. The molecule has 1 saturated heterocycles. The summed E-state index contributed by atoms with van der Waals surface area (Å²) in [7, 11) is 0. The molecule has 1 aromatic carbocycles. The summed E-state index contributed by atoms with van der Waals surface area (Å²) in [6.45, 7) is 8.05. The Labute approximate surface area is 161 Å². The monoisotopic (exact) mass is 368 g/mol. The molecule has 6 nitrogen and oxygen atoms in total. The van der Waals surface area contributed by atoms with Crippen LogP contribution in [0.5, 0.6) is 5.88 Å². The smallest absolute Gasteiger partial charge is 0.262 e. The molecule has 0 atom stereocenters. The van der Waals surface area contributed by atoms with E-state index < -0.39 is 0 Å². The van der Waals surface area contributed by atoms with Crippen LogP contribution in [-0.4, -0.2) is 35.6 Å². The van der Waals surface area contributed by atoms with E-state index in [9.17, 15) is 4.79 Å². The van der Waals surface area contributed by atoms with Gasteiger partial charge in [-0.1, -0.05) is 26.0 Å². The molecule has 1 N–H and O–H groups in total. The van der Waals surface area contributed by atoms with Crippen LogP contribution in [0.25, 0.3) is 0 Å². The van der Waals surface area contributed by atoms with Gasteiger partial charge in [-0.15, -0.1) is 0 Å². The number of nitrogens with zero attached hydrogens (tertiary/aromatic N) is 3. The topological polar surface area (TPSA) is 67.3 Å². The van der Waals surface area contributed by atoms with Gasteiger partial charge in [0, 0.05) is 30.5 Å². The number of benzene rings is 1. The van der Waals surface area contributed by atoms with Crippen LogP contribution in [0.3, 0.4) is 0 Å². The van der Waals surface area contributed by atoms with E-state index in [2.05, 4.69) is 34.0 Å². The van der Waals surface area contributed by atoms with Crippen molar-refractivity contribution in [3.8, 4) is 5.88 Å². The molecule has 0 bridgehead atoms. The number of carbonyl (C=O) groups is 1.